The quantitative estimate of drug-likeness (QED) is 0.777. The molecule has 0 aromatic heterocycles. The van der Waals surface area contributed by atoms with Crippen molar-refractivity contribution in [1.82, 2.24) is 0 Å². The number of nitrogens with one attached hydrogen (secondary N) is 1. The second-order valence-corrected chi connectivity index (χ2v) is 5.69. The molecule has 1 fully saturated rings. The maximum Gasteiger partial charge on any atom is 0.0656 e. The lowest BCUT2D eigenvalue weighted by atomic mass is 10.0. The van der Waals surface area contributed by atoms with E-state index >= 15 is 0 Å². The Balaban J connectivity index is 1.96. The Morgan fingerprint density at radius 3 is 2.78 bits per heavy atom. The third-order valence-corrected chi connectivity index (χ3v) is 4.12. The van der Waals surface area contributed by atoms with Crippen molar-refractivity contribution in [1.29, 1.82) is 0 Å². The van der Waals surface area contributed by atoms with Crippen molar-refractivity contribution in [2.45, 2.75) is 26.2 Å². The van der Waals surface area contributed by atoms with Crippen LogP contribution in [0.2, 0.25) is 5.02 Å². The summed E-state index contributed by atoms with van der Waals surface area (Å²) >= 11 is 6.05. The average molecular weight is 269 g/mol. The molecule has 3 N–H and O–H groups in total. The highest BCUT2D eigenvalue weighted by Crippen LogP contribution is 2.48. The van der Waals surface area contributed by atoms with Crippen molar-refractivity contribution in [3.05, 3.63) is 22.7 Å². The van der Waals surface area contributed by atoms with Crippen LogP contribution in [0.3, 0.4) is 0 Å². The van der Waals surface area contributed by atoms with E-state index in [0.717, 1.165) is 30.8 Å². The zero-order chi connectivity index (χ0) is 13.2. The topological polar surface area (TPSA) is 47.3 Å². The summed E-state index contributed by atoms with van der Waals surface area (Å²) in [7, 11) is 1.76. The van der Waals surface area contributed by atoms with E-state index in [1.807, 2.05) is 19.1 Å². The molecule has 1 aromatic carbocycles. The first kappa shape index (κ1) is 13.5. The van der Waals surface area contributed by atoms with Crippen LogP contribution in [0.25, 0.3) is 0 Å². The average Bonchev–Trinajstić information content (AvgIpc) is 3.10. The van der Waals surface area contributed by atoms with Gasteiger partial charge in [-0.25, -0.2) is 0 Å². The molecule has 1 saturated carbocycles. The summed E-state index contributed by atoms with van der Waals surface area (Å²) in [6.45, 7) is 3.87. The fourth-order valence-electron chi connectivity index (χ4n) is 2.19. The zero-order valence-corrected chi connectivity index (χ0v) is 11.8. The maximum absolute atomic E-state index is 6.05. The lowest BCUT2D eigenvalue weighted by molar-refractivity contribution is 0.175. The molecule has 0 spiro atoms. The first-order valence-corrected chi connectivity index (χ1v) is 6.73. The molecule has 2 rings (SSSR count). The smallest absolute Gasteiger partial charge is 0.0656 e. The summed E-state index contributed by atoms with van der Waals surface area (Å²) in [6, 6.07) is 3.83. The number of halogens is 1. The van der Waals surface area contributed by atoms with E-state index < -0.39 is 0 Å². The number of nitrogens with two attached hydrogens (primary N) is 1. The number of rotatable bonds is 6. The Morgan fingerprint density at radius 1 is 1.44 bits per heavy atom. The van der Waals surface area contributed by atoms with Gasteiger partial charge in [0.25, 0.3) is 0 Å². The van der Waals surface area contributed by atoms with Gasteiger partial charge in [0.15, 0.2) is 0 Å². The number of anilines is 2. The van der Waals surface area contributed by atoms with Crippen LogP contribution in [0.4, 0.5) is 11.4 Å². The van der Waals surface area contributed by atoms with E-state index in [0.29, 0.717) is 16.1 Å². The molecule has 3 nitrogen and oxygen atoms in total. The summed E-state index contributed by atoms with van der Waals surface area (Å²) < 4.78 is 5.16. The molecular formula is C14H21ClN2O. The molecule has 100 valence electrons. The fourth-order valence-corrected chi connectivity index (χ4v) is 2.35. The van der Waals surface area contributed by atoms with Crippen molar-refractivity contribution in [3.8, 4) is 0 Å². The third-order valence-electron chi connectivity index (χ3n) is 3.79. The van der Waals surface area contributed by atoms with E-state index in [1.54, 1.807) is 7.11 Å². The molecule has 0 aliphatic heterocycles. The van der Waals surface area contributed by atoms with Crippen molar-refractivity contribution < 1.29 is 4.74 Å². The van der Waals surface area contributed by atoms with E-state index in [4.69, 9.17) is 22.1 Å². The number of nitrogen functional groups attached to an aromatic ring is 1. The molecule has 0 atom stereocenters. The SMILES string of the molecule is COCCC1(CNc2cc(Cl)c(N)cc2C)CC1. The Hall–Kier alpha value is -0.930. The normalized spacial score (nSPS) is 16.6. The van der Waals surface area contributed by atoms with Crippen LogP contribution in [0.15, 0.2) is 12.1 Å². The van der Waals surface area contributed by atoms with Crippen LogP contribution in [0.5, 0.6) is 0 Å². The summed E-state index contributed by atoms with van der Waals surface area (Å²) in [6.07, 6.45) is 3.69. The van der Waals surface area contributed by atoms with Crippen LogP contribution in [0, 0.1) is 12.3 Å². The summed E-state index contributed by atoms with van der Waals surface area (Å²) in [5.74, 6) is 0. The van der Waals surface area contributed by atoms with Crippen molar-refractivity contribution in [2.75, 3.05) is 31.3 Å². The molecule has 0 heterocycles. The van der Waals surface area contributed by atoms with Gasteiger partial charge in [-0.2, -0.15) is 0 Å². The van der Waals surface area contributed by atoms with E-state index in [9.17, 15) is 0 Å². The lowest BCUT2D eigenvalue weighted by Gasteiger charge is -2.18. The minimum Gasteiger partial charge on any atom is -0.398 e. The molecule has 1 aliphatic carbocycles. The molecule has 1 aliphatic rings. The second-order valence-electron chi connectivity index (χ2n) is 5.28. The van der Waals surface area contributed by atoms with Crippen LogP contribution in [-0.2, 0) is 4.74 Å². The molecule has 18 heavy (non-hydrogen) atoms. The molecule has 0 unspecified atom stereocenters. The van der Waals surface area contributed by atoms with Gasteiger partial charge in [0, 0.05) is 25.9 Å². The predicted molar refractivity (Wildman–Crippen MR) is 77.3 cm³/mol. The number of hydrogen-bond donors (Lipinski definition) is 2. The zero-order valence-electron chi connectivity index (χ0n) is 11.1. The lowest BCUT2D eigenvalue weighted by Crippen LogP contribution is -2.17. The third kappa shape index (κ3) is 3.09. The van der Waals surface area contributed by atoms with Gasteiger partial charge in [-0.1, -0.05) is 11.6 Å². The minimum absolute atomic E-state index is 0.427. The van der Waals surface area contributed by atoms with Gasteiger partial charge >= 0.3 is 0 Å². The van der Waals surface area contributed by atoms with Crippen LogP contribution in [-0.4, -0.2) is 20.3 Å². The van der Waals surface area contributed by atoms with Crippen molar-refractivity contribution in [3.63, 3.8) is 0 Å². The summed E-state index contributed by atoms with van der Waals surface area (Å²) in [5.41, 5.74) is 9.06. The first-order chi connectivity index (χ1) is 8.56. The maximum atomic E-state index is 6.05. The number of hydrogen-bond acceptors (Lipinski definition) is 3. The van der Waals surface area contributed by atoms with Crippen LogP contribution >= 0.6 is 11.6 Å². The molecule has 4 heteroatoms. The predicted octanol–water partition coefficient (Wildman–Crippen LogP) is 3.46. The minimum atomic E-state index is 0.427. The molecule has 1 aromatic rings. The fraction of sp³-hybridized carbons (Fsp3) is 0.571. The van der Waals surface area contributed by atoms with E-state index in [-0.39, 0.29) is 0 Å². The number of methoxy groups -OCH3 is 1. The van der Waals surface area contributed by atoms with Gasteiger partial charge in [0.05, 0.1) is 10.7 Å². The van der Waals surface area contributed by atoms with E-state index in [1.165, 1.54) is 12.8 Å². The number of aryl methyl sites for hydroxylation is 1. The van der Waals surface area contributed by atoms with Gasteiger partial charge in [0.2, 0.25) is 0 Å². The number of ether oxygens (including phenoxy) is 1. The Morgan fingerprint density at radius 2 is 2.17 bits per heavy atom. The molecule has 0 bridgehead atoms. The Labute approximate surface area is 114 Å². The second kappa shape index (κ2) is 5.37. The van der Waals surface area contributed by atoms with Gasteiger partial charge in [-0.3, -0.25) is 0 Å². The molecular weight excluding hydrogens is 248 g/mol. The Bertz CT molecular complexity index is 430. The highest BCUT2D eigenvalue weighted by atomic mass is 35.5. The summed E-state index contributed by atoms with van der Waals surface area (Å²) in [5, 5.41) is 4.11. The largest absolute Gasteiger partial charge is 0.398 e. The van der Waals surface area contributed by atoms with Gasteiger partial charge < -0.3 is 15.8 Å². The standard InChI is InChI=1S/C14H21ClN2O/c1-10-7-12(16)11(15)8-13(10)17-9-14(3-4-14)5-6-18-2/h7-8,17H,3-6,9,16H2,1-2H3. The van der Waals surface area contributed by atoms with Gasteiger partial charge in [0.1, 0.15) is 0 Å². The highest BCUT2D eigenvalue weighted by molar-refractivity contribution is 6.33. The summed E-state index contributed by atoms with van der Waals surface area (Å²) in [4.78, 5) is 0. The van der Waals surface area contributed by atoms with Crippen molar-refractivity contribution in [2.24, 2.45) is 5.41 Å². The van der Waals surface area contributed by atoms with Crippen molar-refractivity contribution >= 4 is 23.0 Å². The molecule has 0 saturated heterocycles. The number of benzene rings is 1. The molecule has 0 amide bonds. The van der Waals surface area contributed by atoms with Crippen LogP contribution < -0.4 is 11.1 Å². The monoisotopic (exact) mass is 268 g/mol. The van der Waals surface area contributed by atoms with Gasteiger partial charge in [-0.05, 0) is 49.3 Å². The van der Waals surface area contributed by atoms with Crippen LogP contribution in [0.1, 0.15) is 24.8 Å². The molecule has 0 radical (unpaired) electrons. The highest BCUT2D eigenvalue weighted by Gasteiger charge is 2.41. The van der Waals surface area contributed by atoms with E-state index in [2.05, 4.69) is 5.32 Å². The first-order valence-electron chi connectivity index (χ1n) is 6.35. The van der Waals surface area contributed by atoms with Gasteiger partial charge in [-0.15, -0.1) is 0 Å². The Kier molecular flexibility index (Phi) is 4.03.